The van der Waals surface area contributed by atoms with Gasteiger partial charge in [0.15, 0.2) is 5.96 Å². The van der Waals surface area contributed by atoms with Crippen LogP contribution in [0.5, 0.6) is 5.75 Å². The third-order valence-electron chi connectivity index (χ3n) is 2.77. The van der Waals surface area contributed by atoms with Crippen LogP contribution in [0.3, 0.4) is 0 Å². The van der Waals surface area contributed by atoms with Gasteiger partial charge in [-0.25, -0.2) is 8.42 Å². The summed E-state index contributed by atoms with van der Waals surface area (Å²) in [6, 6.07) is 9.58. The standard InChI is InChI=1S/C14H23N3O3S/c1-15-14(16-9-12-21(3,18)19)17(2)10-11-20-13-7-5-4-6-8-13/h4-8H,9-12H2,1-3H3,(H,15,16). The second-order valence-corrected chi connectivity index (χ2v) is 6.95. The predicted molar refractivity (Wildman–Crippen MR) is 85.6 cm³/mol. The molecule has 0 atom stereocenters. The van der Waals surface area contributed by atoms with E-state index in [0.29, 0.717) is 25.7 Å². The summed E-state index contributed by atoms with van der Waals surface area (Å²) in [6.45, 7) is 1.51. The van der Waals surface area contributed by atoms with Gasteiger partial charge in [0.05, 0.1) is 12.3 Å². The summed E-state index contributed by atoms with van der Waals surface area (Å²) in [5.74, 6) is 1.56. The topological polar surface area (TPSA) is 71.0 Å². The van der Waals surface area contributed by atoms with E-state index in [4.69, 9.17) is 4.74 Å². The Balaban J connectivity index is 2.33. The molecule has 0 fully saturated rings. The Morgan fingerprint density at radius 2 is 2.00 bits per heavy atom. The van der Waals surface area contributed by atoms with Gasteiger partial charge in [0.1, 0.15) is 22.2 Å². The van der Waals surface area contributed by atoms with Gasteiger partial charge in [-0.15, -0.1) is 0 Å². The van der Waals surface area contributed by atoms with E-state index in [1.807, 2.05) is 42.3 Å². The molecule has 0 unspecified atom stereocenters. The van der Waals surface area contributed by atoms with Crippen molar-refractivity contribution in [1.29, 1.82) is 0 Å². The van der Waals surface area contributed by atoms with Crippen LogP contribution in [-0.2, 0) is 9.84 Å². The zero-order chi connectivity index (χ0) is 15.7. The maximum absolute atomic E-state index is 11.1. The van der Waals surface area contributed by atoms with E-state index in [2.05, 4.69) is 10.3 Å². The highest BCUT2D eigenvalue weighted by atomic mass is 32.2. The van der Waals surface area contributed by atoms with Crippen LogP contribution in [0.4, 0.5) is 0 Å². The molecule has 0 spiro atoms. The van der Waals surface area contributed by atoms with Crippen LogP contribution < -0.4 is 10.1 Å². The molecule has 1 aromatic rings. The fourth-order valence-corrected chi connectivity index (χ4v) is 2.13. The van der Waals surface area contributed by atoms with Gasteiger partial charge in [0.2, 0.25) is 0 Å². The summed E-state index contributed by atoms with van der Waals surface area (Å²) in [7, 11) is 0.576. The fourth-order valence-electron chi connectivity index (χ4n) is 1.66. The van der Waals surface area contributed by atoms with Crippen molar-refractivity contribution in [3.05, 3.63) is 30.3 Å². The summed E-state index contributed by atoms with van der Waals surface area (Å²) in [5.41, 5.74) is 0. The Hall–Kier alpha value is -1.76. The number of hydrogen-bond donors (Lipinski definition) is 1. The van der Waals surface area contributed by atoms with Crippen molar-refractivity contribution in [2.24, 2.45) is 4.99 Å². The van der Waals surface area contributed by atoms with Crippen LogP contribution >= 0.6 is 0 Å². The lowest BCUT2D eigenvalue weighted by Crippen LogP contribution is -2.42. The van der Waals surface area contributed by atoms with Gasteiger partial charge in [0.25, 0.3) is 0 Å². The Morgan fingerprint density at radius 1 is 1.33 bits per heavy atom. The van der Waals surface area contributed by atoms with Gasteiger partial charge < -0.3 is 15.0 Å². The van der Waals surface area contributed by atoms with Crippen LogP contribution in [0.1, 0.15) is 0 Å². The first kappa shape index (κ1) is 17.3. The van der Waals surface area contributed by atoms with Crippen LogP contribution in [0, 0.1) is 0 Å². The van der Waals surface area contributed by atoms with Crippen LogP contribution in [0.15, 0.2) is 35.3 Å². The molecule has 0 saturated carbocycles. The zero-order valence-corrected chi connectivity index (χ0v) is 13.6. The van der Waals surface area contributed by atoms with Gasteiger partial charge in [-0.2, -0.15) is 0 Å². The molecule has 1 rings (SSSR count). The van der Waals surface area contributed by atoms with Crippen molar-refractivity contribution in [3.63, 3.8) is 0 Å². The number of rotatable bonds is 7. The van der Waals surface area contributed by atoms with Crippen LogP contribution in [0.25, 0.3) is 0 Å². The minimum Gasteiger partial charge on any atom is -0.492 e. The van der Waals surface area contributed by atoms with Crippen molar-refractivity contribution >= 4 is 15.8 Å². The van der Waals surface area contributed by atoms with E-state index < -0.39 is 9.84 Å². The van der Waals surface area contributed by atoms with Crippen molar-refractivity contribution in [2.75, 3.05) is 45.8 Å². The monoisotopic (exact) mass is 313 g/mol. The maximum Gasteiger partial charge on any atom is 0.193 e. The average Bonchev–Trinajstić information content (AvgIpc) is 2.43. The van der Waals surface area contributed by atoms with Crippen molar-refractivity contribution in [1.82, 2.24) is 10.2 Å². The molecule has 0 aromatic heterocycles. The number of aliphatic imine (C=N–C) groups is 1. The summed E-state index contributed by atoms with van der Waals surface area (Å²) in [6.07, 6.45) is 1.22. The average molecular weight is 313 g/mol. The molecule has 0 radical (unpaired) electrons. The van der Waals surface area contributed by atoms with E-state index in [-0.39, 0.29) is 5.75 Å². The number of sulfone groups is 1. The largest absolute Gasteiger partial charge is 0.492 e. The summed E-state index contributed by atoms with van der Waals surface area (Å²) >= 11 is 0. The first-order chi connectivity index (χ1) is 9.92. The summed E-state index contributed by atoms with van der Waals surface area (Å²) < 4.78 is 27.8. The lowest BCUT2D eigenvalue weighted by Gasteiger charge is -2.22. The Kier molecular flexibility index (Phi) is 7.01. The molecule has 0 bridgehead atoms. The second kappa shape index (κ2) is 8.51. The zero-order valence-electron chi connectivity index (χ0n) is 12.7. The molecule has 0 saturated heterocycles. The normalized spacial score (nSPS) is 12.0. The SMILES string of the molecule is CN=C(NCCS(C)(=O)=O)N(C)CCOc1ccccc1. The van der Waals surface area contributed by atoms with Crippen molar-refractivity contribution in [2.45, 2.75) is 0 Å². The number of nitrogens with one attached hydrogen (secondary N) is 1. The van der Waals surface area contributed by atoms with E-state index in [1.165, 1.54) is 6.26 Å². The molecule has 0 heterocycles. The quantitative estimate of drug-likeness (QED) is 0.590. The first-order valence-corrected chi connectivity index (χ1v) is 8.76. The number of hydrogen-bond acceptors (Lipinski definition) is 4. The van der Waals surface area contributed by atoms with Gasteiger partial charge in [0, 0.05) is 26.9 Å². The van der Waals surface area contributed by atoms with Gasteiger partial charge >= 0.3 is 0 Å². The molecule has 6 nitrogen and oxygen atoms in total. The molecule has 118 valence electrons. The van der Waals surface area contributed by atoms with Gasteiger partial charge in [-0.1, -0.05) is 18.2 Å². The van der Waals surface area contributed by atoms with E-state index in [0.717, 1.165) is 5.75 Å². The van der Waals surface area contributed by atoms with Crippen LogP contribution in [-0.4, -0.2) is 65.1 Å². The maximum atomic E-state index is 11.1. The number of para-hydroxylation sites is 1. The molecule has 0 aliphatic rings. The minimum atomic E-state index is -2.97. The Labute approximate surface area is 126 Å². The van der Waals surface area contributed by atoms with E-state index >= 15 is 0 Å². The summed E-state index contributed by atoms with van der Waals surface area (Å²) in [4.78, 5) is 6.01. The molecule has 0 amide bonds. The first-order valence-electron chi connectivity index (χ1n) is 6.70. The molecular formula is C14H23N3O3S. The number of benzene rings is 1. The lowest BCUT2D eigenvalue weighted by atomic mass is 10.3. The smallest absolute Gasteiger partial charge is 0.193 e. The highest BCUT2D eigenvalue weighted by Gasteiger charge is 2.07. The molecular weight excluding hydrogens is 290 g/mol. The number of ether oxygens (including phenoxy) is 1. The van der Waals surface area contributed by atoms with Crippen LogP contribution in [0.2, 0.25) is 0 Å². The van der Waals surface area contributed by atoms with Gasteiger partial charge in [-0.3, -0.25) is 4.99 Å². The lowest BCUT2D eigenvalue weighted by molar-refractivity contribution is 0.281. The molecule has 0 aliphatic heterocycles. The minimum absolute atomic E-state index is 0.0837. The number of guanidine groups is 1. The molecule has 7 heteroatoms. The Morgan fingerprint density at radius 3 is 2.57 bits per heavy atom. The van der Waals surface area contributed by atoms with E-state index in [9.17, 15) is 8.42 Å². The molecule has 1 aromatic carbocycles. The predicted octanol–water partition coefficient (Wildman–Crippen LogP) is 0.617. The third-order valence-corrected chi connectivity index (χ3v) is 3.71. The second-order valence-electron chi connectivity index (χ2n) is 4.69. The molecule has 1 N–H and O–H groups in total. The molecule has 0 aliphatic carbocycles. The number of likely N-dealkylation sites (N-methyl/N-ethyl adjacent to an activating group) is 1. The van der Waals surface area contributed by atoms with E-state index in [1.54, 1.807) is 7.05 Å². The Bertz CT molecular complexity index is 544. The van der Waals surface area contributed by atoms with Crippen molar-refractivity contribution in [3.8, 4) is 5.75 Å². The summed E-state index contributed by atoms with van der Waals surface area (Å²) in [5, 5.41) is 3.02. The highest BCUT2D eigenvalue weighted by molar-refractivity contribution is 7.90. The third kappa shape index (κ3) is 7.55. The highest BCUT2D eigenvalue weighted by Crippen LogP contribution is 2.07. The van der Waals surface area contributed by atoms with Gasteiger partial charge in [-0.05, 0) is 12.1 Å². The fraction of sp³-hybridized carbons (Fsp3) is 0.500. The van der Waals surface area contributed by atoms with Crippen molar-refractivity contribution < 1.29 is 13.2 Å². The number of nitrogens with zero attached hydrogens (tertiary/aromatic N) is 2. The molecule has 21 heavy (non-hydrogen) atoms.